The summed E-state index contributed by atoms with van der Waals surface area (Å²) in [5, 5.41) is 3.04. The third kappa shape index (κ3) is 3.56. The number of hydrogen-bond donors (Lipinski definition) is 1. The number of amides is 1. The molecule has 1 N–H and O–H groups in total. The summed E-state index contributed by atoms with van der Waals surface area (Å²) >= 11 is 0. The van der Waals surface area contributed by atoms with Crippen molar-refractivity contribution in [3.05, 3.63) is 83.7 Å². The fraction of sp³-hybridized carbons (Fsp3) is 0.238. The van der Waals surface area contributed by atoms with Gasteiger partial charge in [0.15, 0.2) is 0 Å². The number of aromatic nitrogens is 2. The topological polar surface area (TPSA) is 56.2 Å². The van der Waals surface area contributed by atoms with Gasteiger partial charge in [0.25, 0.3) is 0 Å². The van der Waals surface area contributed by atoms with Gasteiger partial charge in [0.1, 0.15) is 30.0 Å². The molecule has 1 amide bonds. The number of imidazole rings is 1. The number of halogens is 1. The number of benzene rings is 2. The lowest BCUT2D eigenvalue weighted by Gasteiger charge is -2.27. The predicted octanol–water partition coefficient (Wildman–Crippen LogP) is 3.02. The number of nitrogens with one attached hydrogen (secondary N) is 1. The molecule has 1 aromatic heterocycles. The number of hydrogen-bond acceptors (Lipinski definition) is 3. The van der Waals surface area contributed by atoms with E-state index in [0.29, 0.717) is 24.4 Å². The Bertz CT molecular complexity index is 969. The smallest absolute Gasteiger partial charge is 0.227 e. The molecule has 0 radical (unpaired) electrons. The second kappa shape index (κ2) is 7.23. The molecule has 5 nitrogen and oxygen atoms in total. The Morgan fingerprint density at radius 3 is 2.93 bits per heavy atom. The van der Waals surface area contributed by atoms with Crippen LogP contribution in [0.3, 0.4) is 0 Å². The van der Waals surface area contributed by atoms with Gasteiger partial charge in [0.05, 0.1) is 5.92 Å². The van der Waals surface area contributed by atoms with Crippen molar-refractivity contribution in [3.63, 3.8) is 0 Å². The molecule has 1 aliphatic rings. The molecule has 2 aromatic carbocycles. The summed E-state index contributed by atoms with van der Waals surface area (Å²) in [6, 6.07) is 13.4. The minimum absolute atomic E-state index is 0.137. The highest BCUT2D eigenvalue weighted by Gasteiger charge is 2.29. The van der Waals surface area contributed by atoms with E-state index in [1.807, 2.05) is 35.9 Å². The molecule has 0 unspecified atom stereocenters. The minimum atomic E-state index is -0.537. The number of rotatable bonds is 4. The maximum Gasteiger partial charge on any atom is 0.227 e. The number of fused-ring (bicyclic) bond motifs is 1. The highest BCUT2D eigenvalue weighted by Crippen LogP contribution is 2.28. The molecule has 0 saturated carbocycles. The van der Waals surface area contributed by atoms with Gasteiger partial charge in [-0.15, -0.1) is 0 Å². The van der Waals surface area contributed by atoms with Crippen molar-refractivity contribution in [2.45, 2.75) is 12.5 Å². The van der Waals surface area contributed by atoms with E-state index in [4.69, 9.17) is 4.74 Å². The van der Waals surface area contributed by atoms with E-state index in [-0.39, 0.29) is 17.6 Å². The Labute approximate surface area is 156 Å². The van der Waals surface area contributed by atoms with Crippen LogP contribution in [0.5, 0.6) is 5.75 Å². The zero-order valence-corrected chi connectivity index (χ0v) is 14.9. The summed E-state index contributed by atoms with van der Waals surface area (Å²) in [4.78, 5) is 17.3. The quantitative estimate of drug-likeness (QED) is 0.773. The first-order chi connectivity index (χ1) is 13.1. The lowest BCUT2D eigenvalue weighted by atomic mass is 9.95. The summed E-state index contributed by atoms with van der Waals surface area (Å²) in [5.41, 5.74) is 1.66. The molecule has 4 rings (SSSR count). The van der Waals surface area contributed by atoms with Crippen molar-refractivity contribution < 1.29 is 13.9 Å². The van der Waals surface area contributed by atoms with Crippen LogP contribution < -0.4 is 10.1 Å². The minimum Gasteiger partial charge on any atom is -0.492 e. The monoisotopic (exact) mass is 365 g/mol. The van der Waals surface area contributed by atoms with Crippen LogP contribution in [-0.2, 0) is 18.3 Å². The first-order valence-corrected chi connectivity index (χ1v) is 8.85. The van der Waals surface area contributed by atoms with E-state index in [1.165, 1.54) is 12.1 Å². The molecule has 0 saturated heterocycles. The number of aryl methyl sites for hydroxylation is 1. The second-order valence-electron chi connectivity index (χ2n) is 6.71. The maximum absolute atomic E-state index is 13.8. The van der Waals surface area contributed by atoms with Gasteiger partial charge in [-0.25, -0.2) is 9.37 Å². The van der Waals surface area contributed by atoms with Gasteiger partial charge in [-0.1, -0.05) is 30.3 Å². The molecule has 27 heavy (non-hydrogen) atoms. The van der Waals surface area contributed by atoms with E-state index in [9.17, 15) is 9.18 Å². The molecule has 2 heterocycles. The largest absolute Gasteiger partial charge is 0.492 e. The van der Waals surface area contributed by atoms with Crippen molar-refractivity contribution in [1.29, 1.82) is 0 Å². The number of para-hydroxylation sites is 1. The van der Waals surface area contributed by atoms with E-state index in [2.05, 4.69) is 10.3 Å². The van der Waals surface area contributed by atoms with E-state index in [0.717, 1.165) is 11.3 Å². The molecular formula is C21H20FN3O2. The highest BCUT2D eigenvalue weighted by atomic mass is 19.1. The lowest BCUT2D eigenvalue weighted by Crippen LogP contribution is -2.40. The fourth-order valence-corrected chi connectivity index (χ4v) is 3.39. The van der Waals surface area contributed by atoms with Crippen molar-refractivity contribution >= 4 is 5.91 Å². The Morgan fingerprint density at radius 1 is 1.30 bits per heavy atom. The number of carbonyl (C=O) groups is 1. The van der Waals surface area contributed by atoms with Crippen LogP contribution >= 0.6 is 0 Å². The van der Waals surface area contributed by atoms with Crippen molar-refractivity contribution in [3.8, 4) is 5.75 Å². The molecule has 3 aromatic rings. The molecule has 0 bridgehead atoms. The van der Waals surface area contributed by atoms with Crippen LogP contribution in [-0.4, -0.2) is 22.1 Å². The van der Waals surface area contributed by atoms with Gasteiger partial charge < -0.3 is 14.6 Å². The highest BCUT2D eigenvalue weighted by molar-refractivity contribution is 5.80. The van der Waals surface area contributed by atoms with E-state index >= 15 is 0 Å². The van der Waals surface area contributed by atoms with Gasteiger partial charge in [-0.3, -0.25) is 4.79 Å². The van der Waals surface area contributed by atoms with Gasteiger partial charge in [-0.05, 0) is 35.7 Å². The van der Waals surface area contributed by atoms with Gasteiger partial charge >= 0.3 is 0 Å². The molecule has 1 aliphatic heterocycles. The van der Waals surface area contributed by atoms with Crippen molar-refractivity contribution in [2.24, 2.45) is 13.0 Å². The summed E-state index contributed by atoms with van der Waals surface area (Å²) in [6.07, 6.45) is 4.07. The second-order valence-corrected chi connectivity index (χ2v) is 6.71. The first-order valence-electron chi connectivity index (χ1n) is 8.85. The summed E-state index contributed by atoms with van der Waals surface area (Å²) < 4.78 is 21.3. The standard InChI is InChI=1S/C21H20FN3O2/c1-25-10-9-23-20(25)19(15-6-4-7-17(22)12-15)24-21(26)16-11-14-5-2-3-8-18(14)27-13-16/h2-10,12,16,19H,11,13H2,1H3,(H,24,26)/t16-,19-/m1/s1. The summed E-state index contributed by atoms with van der Waals surface area (Å²) in [5.74, 6) is 0.673. The first kappa shape index (κ1) is 17.3. The summed E-state index contributed by atoms with van der Waals surface area (Å²) in [6.45, 7) is 0.319. The van der Waals surface area contributed by atoms with Crippen molar-refractivity contribution in [2.75, 3.05) is 6.61 Å². The Balaban J connectivity index is 1.59. The Kier molecular flexibility index (Phi) is 4.62. The van der Waals surface area contributed by atoms with Crippen LogP contribution in [0.1, 0.15) is 23.0 Å². The van der Waals surface area contributed by atoms with Gasteiger partial charge in [-0.2, -0.15) is 0 Å². The van der Waals surface area contributed by atoms with Crippen LogP contribution in [0.15, 0.2) is 60.9 Å². The zero-order valence-electron chi connectivity index (χ0n) is 14.9. The molecule has 6 heteroatoms. The maximum atomic E-state index is 13.8. The average molecular weight is 365 g/mol. The molecular weight excluding hydrogens is 345 g/mol. The molecule has 0 aliphatic carbocycles. The van der Waals surface area contributed by atoms with Gasteiger partial charge in [0.2, 0.25) is 5.91 Å². The van der Waals surface area contributed by atoms with Crippen LogP contribution in [0.25, 0.3) is 0 Å². The van der Waals surface area contributed by atoms with Crippen molar-refractivity contribution in [1.82, 2.24) is 14.9 Å². The third-order valence-corrected chi connectivity index (χ3v) is 4.83. The normalized spacial score (nSPS) is 16.9. The predicted molar refractivity (Wildman–Crippen MR) is 98.7 cm³/mol. The van der Waals surface area contributed by atoms with E-state index < -0.39 is 6.04 Å². The zero-order chi connectivity index (χ0) is 18.8. The number of carbonyl (C=O) groups excluding carboxylic acids is 1. The fourth-order valence-electron chi connectivity index (χ4n) is 3.39. The number of nitrogens with zero attached hydrogens (tertiary/aromatic N) is 2. The Hall–Kier alpha value is -3.15. The van der Waals surface area contributed by atoms with Gasteiger partial charge in [0, 0.05) is 19.4 Å². The molecule has 138 valence electrons. The molecule has 0 spiro atoms. The van der Waals surface area contributed by atoms with E-state index in [1.54, 1.807) is 24.5 Å². The molecule has 0 fully saturated rings. The van der Waals surface area contributed by atoms with Crippen LogP contribution in [0.4, 0.5) is 4.39 Å². The third-order valence-electron chi connectivity index (χ3n) is 4.83. The average Bonchev–Trinajstić information content (AvgIpc) is 3.11. The SMILES string of the molecule is Cn1ccnc1[C@H](NC(=O)[C@H]1COc2ccccc2C1)c1cccc(F)c1. The molecule has 2 atom stereocenters. The van der Waals surface area contributed by atoms with Crippen LogP contribution in [0, 0.1) is 11.7 Å². The lowest BCUT2D eigenvalue weighted by molar-refractivity contribution is -0.126. The summed E-state index contributed by atoms with van der Waals surface area (Å²) in [7, 11) is 1.85. The van der Waals surface area contributed by atoms with Crippen LogP contribution in [0.2, 0.25) is 0 Å². The number of ether oxygens (including phenoxy) is 1. The Morgan fingerprint density at radius 2 is 2.15 bits per heavy atom.